The summed E-state index contributed by atoms with van der Waals surface area (Å²) in [4.78, 5) is 0. The minimum absolute atomic E-state index is 0.215. The van der Waals surface area contributed by atoms with Gasteiger partial charge in [-0.15, -0.1) is 0 Å². The van der Waals surface area contributed by atoms with E-state index in [9.17, 15) is 5.11 Å². The lowest BCUT2D eigenvalue weighted by molar-refractivity contribution is 0.0535. The molecule has 0 bridgehead atoms. The Morgan fingerprint density at radius 3 is 2.94 bits per heavy atom. The highest BCUT2D eigenvalue weighted by atomic mass is 16.5. The minimum Gasteiger partial charge on any atom is -0.496 e. The molecule has 1 aromatic rings. The molecule has 3 nitrogen and oxygen atoms in total. The summed E-state index contributed by atoms with van der Waals surface area (Å²) in [5, 5.41) is 10.1. The van der Waals surface area contributed by atoms with E-state index in [1.165, 1.54) is 0 Å². The van der Waals surface area contributed by atoms with Crippen molar-refractivity contribution in [3.05, 3.63) is 29.3 Å². The van der Waals surface area contributed by atoms with Crippen LogP contribution in [0.1, 0.15) is 36.5 Å². The molecule has 1 heterocycles. The van der Waals surface area contributed by atoms with Gasteiger partial charge >= 0.3 is 0 Å². The van der Waals surface area contributed by atoms with Crippen molar-refractivity contribution in [2.45, 2.75) is 38.4 Å². The summed E-state index contributed by atoms with van der Waals surface area (Å²) in [5.74, 6) is 0.859. The maximum absolute atomic E-state index is 10.1. The van der Waals surface area contributed by atoms with E-state index in [2.05, 4.69) is 0 Å². The van der Waals surface area contributed by atoms with Gasteiger partial charge in [-0.05, 0) is 43.0 Å². The molecule has 1 aliphatic rings. The molecule has 2 rings (SSSR count). The third-order valence-corrected chi connectivity index (χ3v) is 3.31. The molecule has 0 saturated carbocycles. The van der Waals surface area contributed by atoms with Crippen LogP contribution in [0.2, 0.25) is 0 Å². The summed E-state index contributed by atoms with van der Waals surface area (Å²) in [6.45, 7) is 2.82. The van der Waals surface area contributed by atoms with E-state index in [1.807, 2.05) is 25.1 Å². The molecular weight excluding hydrogens is 216 g/mol. The first-order chi connectivity index (χ1) is 8.20. The fraction of sp³-hybridized carbons (Fsp3) is 0.571. The first-order valence-electron chi connectivity index (χ1n) is 6.15. The number of ether oxygens (including phenoxy) is 2. The topological polar surface area (TPSA) is 38.7 Å². The number of rotatable bonds is 4. The second-order valence-corrected chi connectivity index (χ2v) is 4.62. The van der Waals surface area contributed by atoms with Crippen LogP contribution in [-0.2, 0) is 4.74 Å². The van der Waals surface area contributed by atoms with E-state index in [4.69, 9.17) is 9.47 Å². The first kappa shape index (κ1) is 12.4. The lowest BCUT2D eigenvalue weighted by Crippen LogP contribution is -2.11. The molecular formula is C14H20O3. The van der Waals surface area contributed by atoms with Gasteiger partial charge in [0, 0.05) is 13.0 Å². The standard InChI is InChI=1S/C14H20O3/c1-10-8-11(5-6-14(10)16-2)13(15)9-12-4-3-7-17-12/h5-6,8,12-13,15H,3-4,7,9H2,1-2H3. The third-order valence-electron chi connectivity index (χ3n) is 3.31. The number of hydrogen-bond donors (Lipinski definition) is 1. The van der Waals surface area contributed by atoms with E-state index in [-0.39, 0.29) is 6.10 Å². The Kier molecular flexibility index (Phi) is 4.02. The van der Waals surface area contributed by atoms with Crippen molar-refractivity contribution in [1.29, 1.82) is 0 Å². The SMILES string of the molecule is COc1ccc(C(O)CC2CCCO2)cc1C. The van der Waals surface area contributed by atoms with Gasteiger partial charge in [-0.3, -0.25) is 0 Å². The lowest BCUT2D eigenvalue weighted by atomic mass is 10.00. The summed E-state index contributed by atoms with van der Waals surface area (Å²) in [7, 11) is 1.66. The highest BCUT2D eigenvalue weighted by Gasteiger charge is 2.20. The monoisotopic (exact) mass is 236 g/mol. The van der Waals surface area contributed by atoms with Crippen molar-refractivity contribution in [1.82, 2.24) is 0 Å². The molecule has 1 aliphatic heterocycles. The number of methoxy groups -OCH3 is 1. The zero-order chi connectivity index (χ0) is 12.3. The van der Waals surface area contributed by atoms with Crippen LogP contribution in [0.25, 0.3) is 0 Å². The van der Waals surface area contributed by atoms with Gasteiger partial charge in [-0.1, -0.05) is 6.07 Å². The van der Waals surface area contributed by atoms with Crippen LogP contribution in [0, 0.1) is 6.92 Å². The number of benzene rings is 1. The Morgan fingerprint density at radius 1 is 1.53 bits per heavy atom. The van der Waals surface area contributed by atoms with Crippen LogP contribution >= 0.6 is 0 Å². The fourth-order valence-corrected chi connectivity index (χ4v) is 2.32. The van der Waals surface area contributed by atoms with Gasteiger partial charge in [0.15, 0.2) is 0 Å². The average molecular weight is 236 g/mol. The minimum atomic E-state index is -0.442. The molecule has 0 spiro atoms. The van der Waals surface area contributed by atoms with Gasteiger partial charge in [-0.2, -0.15) is 0 Å². The summed E-state index contributed by atoms with van der Waals surface area (Å²) in [6.07, 6.45) is 2.63. The van der Waals surface area contributed by atoms with Gasteiger partial charge in [0.2, 0.25) is 0 Å². The Labute approximate surface area is 102 Å². The maximum atomic E-state index is 10.1. The Hall–Kier alpha value is -1.06. The molecule has 0 radical (unpaired) electrons. The zero-order valence-electron chi connectivity index (χ0n) is 10.5. The van der Waals surface area contributed by atoms with Gasteiger partial charge in [0.1, 0.15) is 5.75 Å². The first-order valence-corrected chi connectivity index (χ1v) is 6.15. The highest BCUT2D eigenvalue weighted by Crippen LogP contribution is 2.28. The zero-order valence-corrected chi connectivity index (χ0v) is 10.5. The summed E-state index contributed by atoms with van der Waals surface area (Å²) >= 11 is 0. The molecule has 3 heteroatoms. The van der Waals surface area contributed by atoms with Crippen LogP contribution in [0.5, 0.6) is 5.75 Å². The normalized spacial score (nSPS) is 21.5. The van der Waals surface area contributed by atoms with E-state index in [1.54, 1.807) is 7.11 Å². The highest BCUT2D eigenvalue weighted by molar-refractivity contribution is 5.36. The molecule has 94 valence electrons. The van der Waals surface area contributed by atoms with Crippen molar-refractivity contribution >= 4 is 0 Å². The molecule has 1 N–H and O–H groups in total. The molecule has 0 aromatic heterocycles. The quantitative estimate of drug-likeness (QED) is 0.873. The lowest BCUT2D eigenvalue weighted by Gasteiger charge is -2.16. The van der Waals surface area contributed by atoms with Crippen molar-refractivity contribution < 1.29 is 14.6 Å². The average Bonchev–Trinajstić information content (AvgIpc) is 2.81. The molecule has 0 aliphatic carbocycles. The van der Waals surface area contributed by atoms with Gasteiger partial charge in [0.25, 0.3) is 0 Å². The van der Waals surface area contributed by atoms with E-state index >= 15 is 0 Å². The van der Waals surface area contributed by atoms with Crippen LogP contribution in [0.15, 0.2) is 18.2 Å². The molecule has 1 fully saturated rings. The van der Waals surface area contributed by atoms with Crippen molar-refractivity contribution in [2.24, 2.45) is 0 Å². The largest absolute Gasteiger partial charge is 0.496 e. The van der Waals surface area contributed by atoms with E-state index in [0.29, 0.717) is 6.42 Å². The predicted octanol–water partition coefficient (Wildman–Crippen LogP) is 2.61. The number of aliphatic hydroxyl groups excluding tert-OH is 1. The van der Waals surface area contributed by atoms with Gasteiger partial charge in [0.05, 0.1) is 19.3 Å². The summed E-state index contributed by atoms with van der Waals surface area (Å²) in [6, 6.07) is 5.81. The van der Waals surface area contributed by atoms with Crippen LogP contribution in [0.4, 0.5) is 0 Å². The number of aliphatic hydroxyl groups is 1. The number of aryl methyl sites for hydroxylation is 1. The predicted molar refractivity (Wildman–Crippen MR) is 66.3 cm³/mol. The van der Waals surface area contributed by atoms with E-state index in [0.717, 1.165) is 36.3 Å². The molecule has 0 amide bonds. The van der Waals surface area contributed by atoms with E-state index < -0.39 is 6.10 Å². The molecule has 2 unspecified atom stereocenters. The second-order valence-electron chi connectivity index (χ2n) is 4.62. The number of hydrogen-bond acceptors (Lipinski definition) is 3. The molecule has 1 saturated heterocycles. The fourth-order valence-electron chi connectivity index (χ4n) is 2.32. The third kappa shape index (κ3) is 2.99. The smallest absolute Gasteiger partial charge is 0.121 e. The van der Waals surface area contributed by atoms with Gasteiger partial charge in [-0.25, -0.2) is 0 Å². The Balaban J connectivity index is 2.02. The Bertz CT molecular complexity index is 370. The molecule has 17 heavy (non-hydrogen) atoms. The van der Waals surface area contributed by atoms with Gasteiger partial charge < -0.3 is 14.6 Å². The van der Waals surface area contributed by atoms with Crippen molar-refractivity contribution in [2.75, 3.05) is 13.7 Å². The van der Waals surface area contributed by atoms with Crippen LogP contribution < -0.4 is 4.74 Å². The van der Waals surface area contributed by atoms with Crippen LogP contribution in [0.3, 0.4) is 0 Å². The second kappa shape index (κ2) is 5.52. The van der Waals surface area contributed by atoms with Crippen molar-refractivity contribution in [3.63, 3.8) is 0 Å². The van der Waals surface area contributed by atoms with Crippen molar-refractivity contribution in [3.8, 4) is 5.75 Å². The summed E-state index contributed by atoms with van der Waals surface area (Å²) < 4.78 is 10.7. The Morgan fingerprint density at radius 2 is 2.35 bits per heavy atom. The summed E-state index contributed by atoms with van der Waals surface area (Å²) in [5.41, 5.74) is 2.00. The van der Waals surface area contributed by atoms with Crippen LogP contribution in [-0.4, -0.2) is 24.9 Å². The molecule has 1 aromatic carbocycles. The molecule has 2 atom stereocenters. The maximum Gasteiger partial charge on any atom is 0.121 e.